The standard InChI is InChI=1S/C21H37NO/c1-16(2)18-11-13-20(14-12-18)22-15-21(23)17(3)19-9-7-5-4-6-8-10-19/h9,16-18,20,22H,4-8,10-15H2,1-3H3/t17-,18?,20?/m1/s1. The summed E-state index contributed by atoms with van der Waals surface area (Å²) in [5.41, 5.74) is 1.40. The first-order chi connectivity index (χ1) is 11.1. The molecule has 0 aromatic heterocycles. The number of rotatable bonds is 6. The van der Waals surface area contributed by atoms with Crippen LogP contribution in [0.4, 0.5) is 0 Å². The molecule has 23 heavy (non-hydrogen) atoms. The van der Waals surface area contributed by atoms with E-state index < -0.39 is 0 Å². The van der Waals surface area contributed by atoms with Crippen molar-refractivity contribution in [3.05, 3.63) is 11.6 Å². The maximum atomic E-state index is 12.6. The van der Waals surface area contributed by atoms with Gasteiger partial charge in [-0.2, -0.15) is 0 Å². The Labute approximate surface area is 143 Å². The lowest BCUT2D eigenvalue weighted by Gasteiger charge is -2.31. The third-order valence-electron chi connectivity index (χ3n) is 6.14. The highest BCUT2D eigenvalue weighted by Crippen LogP contribution is 2.30. The lowest BCUT2D eigenvalue weighted by Crippen LogP contribution is -2.38. The fourth-order valence-corrected chi connectivity index (χ4v) is 4.20. The third-order valence-corrected chi connectivity index (χ3v) is 6.14. The van der Waals surface area contributed by atoms with Gasteiger partial charge in [0.05, 0.1) is 6.54 Å². The number of carbonyl (C=O) groups is 1. The summed E-state index contributed by atoms with van der Waals surface area (Å²) >= 11 is 0. The van der Waals surface area contributed by atoms with Crippen molar-refractivity contribution in [3.63, 3.8) is 0 Å². The number of Topliss-reactive ketones (excluding diaryl/α,β-unsaturated/α-hetero) is 1. The first-order valence-electron chi connectivity index (χ1n) is 10.0. The van der Waals surface area contributed by atoms with Crippen molar-refractivity contribution in [2.75, 3.05) is 6.54 Å². The van der Waals surface area contributed by atoms with Gasteiger partial charge >= 0.3 is 0 Å². The quantitative estimate of drug-likeness (QED) is 0.675. The van der Waals surface area contributed by atoms with Gasteiger partial charge in [0, 0.05) is 12.0 Å². The highest BCUT2D eigenvalue weighted by atomic mass is 16.1. The first-order valence-corrected chi connectivity index (χ1v) is 10.0. The highest BCUT2D eigenvalue weighted by Gasteiger charge is 2.24. The fraction of sp³-hybridized carbons (Fsp3) is 0.857. The number of nitrogens with one attached hydrogen (secondary N) is 1. The highest BCUT2D eigenvalue weighted by molar-refractivity contribution is 5.85. The maximum Gasteiger partial charge on any atom is 0.153 e. The molecule has 2 nitrogen and oxygen atoms in total. The molecular weight excluding hydrogens is 282 g/mol. The fourth-order valence-electron chi connectivity index (χ4n) is 4.20. The second-order valence-corrected chi connectivity index (χ2v) is 8.16. The second kappa shape index (κ2) is 9.61. The van der Waals surface area contributed by atoms with Gasteiger partial charge < -0.3 is 5.32 Å². The predicted molar refractivity (Wildman–Crippen MR) is 98.5 cm³/mol. The summed E-state index contributed by atoms with van der Waals surface area (Å²) in [7, 11) is 0. The minimum absolute atomic E-state index is 0.118. The van der Waals surface area contributed by atoms with Crippen LogP contribution >= 0.6 is 0 Å². The minimum atomic E-state index is 0.118. The molecule has 0 radical (unpaired) electrons. The zero-order valence-electron chi connectivity index (χ0n) is 15.6. The molecule has 2 aliphatic carbocycles. The zero-order valence-corrected chi connectivity index (χ0v) is 15.6. The molecule has 2 heteroatoms. The van der Waals surface area contributed by atoms with Crippen LogP contribution in [0.1, 0.15) is 85.0 Å². The van der Waals surface area contributed by atoms with Gasteiger partial charge in [-0.15, -0.1) is 0 Å². The van der Waals surface area contributed by atoms with Gasteiger partial charge in [0.1, 0.15) is 0 Å². The van der Waals surface area contributed by atoms with Crippen LogP contribution in [0.3, 0.4) is 0 Å². The lowest BCUT2D eigenvalue weighted by molar-refractivity contribution is -0.120. The van der Waals surface area contributed by atoms with Crippen LogP contribution in [0, 0.1) is 17.8 Å². The molecule has 1 saturated carbocycles. The van der Waals surface area contributed by atoms with E-state index in [0.717, 1.165) is 18.3 Å². The molecule has 0 heterocycles. The Bertz CT molecular complexity index is 391. The molecule has 1 fully saturated rings. The summed E-state index contributed by atoms with van der Waals surface area (Å²) < 4.78 is 0. The van der Waals surface area contributed by atoms with Crippen molar-refractivity contribution in [2.24, 2.45) is 17.8 Å². The van der Waals surface area contributed by atoms with Gasteiger partial charge in [-0.1, -0.05) is 45.3 Å². The average molecular weight is 320 g/mol. The molecule has 0 aromatic rings. The van der Waals surface area contributed by atoms with E-state index in [2.05, 4.69) is 32.2 Å². The van der Waals surface area contributed by atoms with Crippen molar-refractivity contribution in [3.8, 4) is 0 Å². The van der Waals surface area contributed by atoms with Crippen LogP contribution in [0.2, 0.25) is 0 Å². The number of hydrogen-bond acceptors (Lipinski definition) is 2. The molecule has 0 aliphatic heterocycles. The largest absolute Gasteiger partial charge is 0.307 e. The zero-order chi connectivity index (χ0) is 16.7. The molecule has 2 rings (SSSR count). The Morgan fingerprint density at radius 2 is 1.78 bits per heavy atom. The van der Waals surface area contributed by atoms with Crippen LogP contribution in [0.5, 0.6) is 0 Å². The molecule has 2 aliphatic rings. The van der Waals surface area contributed by atoms with Crippen molar-refractivity contribution >= 4 is 5.78 Å². The van der Waals surface area contributed by atoms with Crippen LogP contribution < -0.4 is 5.32 Å². The Morgan fingerprint density at radius 3 is 2.48 bits per heavy atom. The molecule has 0 bridgehead atoms. The van der Waals surface area contributed by atoms with Gasteiger partial charge in [-0.3, -0.25) is 4.79 Å². The molecule has 0 unspecified atom stereocenters. The smallest absolute Gasteiger partial charge is 0.153 e. The van der Waals surface area contributed by atoms with E-state index in [4.69, 9.17) is 0 Å². The SMILES string of the molecule is CC(C)C1CCC(NCC(=O)[C@H](C)C2=CCCCCCC2)CC1. The lowest BCUT2D eigenvalue weighted by atomic mass is 9.79. The number of allylic oxidation sites excluding steroid dienone is 2. The summed E-state index contributed by atoms with van der Waals surface area (Å²) in [5.74, 6) is 2.21. The monoisotopic (exact) mass is 319 g/mol. The molecule has 0 spiro atoms. The molecule has 0 saturated heterocycles. The van der Waals surface area contributed by atoms with E-state index >= 15 is 0 Å². The van der Waals surface area contributed by atoms with E-state index in [1.807, 2.05) is 0 Å². The van der Waals surface area contributed by atoms with Crippen LogP contribution in [-0.2, 0) is 4.79 Å². The van der Waals surface area contributed by atoms with Crippen LogP contribution in [0.25, 0.3) is 0 Å². The van der Waals surface area contributed by atoms with Crippen molar-refractivity contribution < 1.29 is 4.79 Å². The van der Waals surface area contributed by atoms with E-state index in [-0.39, 0.29) is 5.92 Å². The number of carbonyl (C=O) groups excluding carboxylic acids is 1. The van der Waals surface area contributed by atoms with Gasteiger partial charge in [-0.05, 0) is 63.2 Å². The first kappa shape index (κ1) is 18.7. The van der Waals surface area contributed by atoms with Gasteiger partial charge in [0.2, 0.25) is 0 Å². The minimum Gasteiger partial charge on any atom is -0.307 e. The van der Waals surface area contributed by atoms with Crippen LogP contribution in [0.15, 0.2) is 11.6 Å². The Morgan fingerprint density at radius 1 is 1.09 bits per heavy atom. The van der Waals surface area contributed by atoms with Gasteiger partial charge in [0.15, 0.2) is 5.78 Å². The van der Waals surface area contributed by atoms with E-state index in [1.54, 1.807) is 0 Å². The Balaban J connectivity index is 1.73. The van der Waals surface area contributed by atoms with E-state index in [0.29, 0.717) is 18.4 Å². The third kappa shape index (κ3) is 6.06. The van der Waals surface area contributed by atoms with Crippen molar-refractivity contribution in [1.29, 1.82) is 0 Å². The molecule has 132 valence electrons. The number of hydrogen-bond donors (Lipinski definition) is 1. The molecule has 1 atom stereocenters. The number of ketones is 1. The van der Waals surface area contributed by atoms with Crippen LogP contribution in [-0.4, -0.2) is 18.4 Å². The Hall–Kier alpha value is -0.630. The topological polar surface area (TPSA) is 29.1 Å². The normalized spacial score (nSPS) is 27.9. The molecule has 0 amide bonds. The average Bonchev–Trinajstić information content (AvgIpc) is 2.52. The van der Waals surface area contributed by atoms with Crippen molar-refractivity contribution in [2.45, 2.75) is 91.0 Å². The summed E-state index contributed by atoms with van der Waals surface area (Å²) in [5, 5.41) is 3.55. The summed E-state index contributed by atoms with van der Waals surface area (Å²) in [6, 6.07) is 0.562. The summed E-state index contributed by atoms with van der Waals surface area (Å²) in [6.07, 6.45) is 15.0. The molecular formula is C21H37NO. The van der Waals surface area contributed by atoms with Gasteiger partial charge in [0.25, 0.3) is 0 Å². The second-order valence-electron chi connectivity index (χ2n) is 8.16. The van der Waals surface area contributed by atoms with E-state index in [1.165, 1.54) is 63.4 Å². The maximum absolute atomic E-state index is 12.6. The molecule has 1 N–H and O–H groups in total. The predicted octanol–water partition coefficient (Wildman–Crippen LogP) is 5.28. The summed E-state index contributed by atoms with van der Waals surface area (Å²) in [4.78, 5) is 12.6. The van der Waals surface area contributed by atoms with E-state index in [9.17, 15) is 4.79 Å². The molecule has 0 aromatic carbocycles. The summed E-state index contributed by atoms with van der Waals surface area (Å²) in [6.45, 7) is 7.36. The van der Waals surface area contributed by atoms with Crippen molar-refractivity contribution in [1.82, 2.24) is 5.32 Å². The van der Waals surface area contributed by atoms with Gasteiger partial charge in [-0.25, -0.2) is 0 Å². The Kier molecular flexibility index (Phi) is 7.82.